The van der Waals surface area contributed by atoms with E-state index in [9.17, 15) is 15.4 Å². The number of rotatable bonds is 2. The molecule has 0 spiro atoms. The zero-order chi connectivity index (χ0) is 15.9. The Balaban J connectivity index is 2.32. The highest BCUT2D eigenvalue weighted by molar-refractivity contribution is 6.28. The van der Waals surface area contributed by atoms with Gasteiger partial charge in [-0.05, 0) is 30.2 Å². The maximum Gasteiger partial charge on any atom is 0.270 e. The van der Waals surface area contributed by atoms with Crippen LogP contribution < -0.4 is 0 Å². The minimum Gasteiger partial charge on any atom is -0.300 e. The molecule has 0 unspecified atom stereocenters. The molecule has 0 aliphatic rings. The molecule has 0 saturated heterocycles. The first-order chi connectivity index (χ1) is 10.5. The Bertz CT molecular complexity index is 958. The van der Waals surface area contributed by atoms with Crippen molar-refractivity contribution < 1.29 is 4.92 Å². The summed E-state index contributed by atoms with van der Waals surface area (Å²) >= 11 is 5.81. The van der Waals surface area contributed by atoms with Crippen LogP contribution in [0.25, 0.3) is 16.7 Å². The second-order valence-corrected chi connectivity index (χ2v) is 4.97. The van der Waals surface area contributed by atoms with Crippen LogP contribution in [0.15, 0.2) is 30.6 Å². The van der Waals surface area contributed by atoms with Crippen molar-refractivity contribution in [2.24, 2.45) is 0 Å². The van der Waals surface area contributed by atoms with Crippen molar-refractivity contribution >= 4 is 28.2 Å². The van der Waals surface area contributed by atoms with Crippen molar-refractivity contribution in [1.29, 1.82) is 5.26 Å². The van der Waals surface area contributed by atoms with Crippen LogP contribution >= 0.6 is 11.6 Å². The highest BCUT2D eigenvalue weighted by Gasteiger charge is 2.15. The lowest BCUT2D eigenvalue weighted by Crippen LogP contribution is -2.01. The number of fused-ring (bicyclic) bond motifs is 1. The molecule has 0 bridgehead atoms. The largest absolute Gasteiger partial charge is 0.300 e. The van der Waals surface area contributed by atoms with Crippen LogP contribution in [-0.2, 0) is 0 Å². The molecule has 1 aromatic carbocycles. The molecule has 8 heteroatoms. The molecule has 2 aromatic heterocycles. The highest BCUT2D eigenvalue weighted by atomic mass is 35.5. The number of aromatic nitrogens is 3. The summed E-state index contributed by atoms with van der Waals surface area (Å²) in [6.07, 6.45) is 3.10. The molecule has 0 saturated carbocycles. The number of benzene rings is 1. The van der Waals surface area contributed by atoms with Gasteiger partial charge in [0, 0.05) is 23.7 Å². The minimum absolute atomic E-state index is 0.00887. The summed E-state index contributed by atoms with van der Waals surface area (Å²) in [4.78, 5) is 18.3. The predicted molar refractivity (Wildman–Crippen MR) is 80.0 cm³/mol. The summed E-state index contributed by atoms with van der Waals surface area (Å²) in [5.41, 5.74) is 1.81. The molecule has 0 N–H and O–H groups in total. The van der Waals surface area contributed by atoms with E-state index in [0.29, 0.717) is 16.7 Å². The first kappa shape index (κ1) is 14.0. The van der Waals surface area contributed by atoms with Crippen LogP contribution in [0.4, 0.5) is 5.69 Å². The van der Waals surface area contributed by atoms with E-state index in [4.69, 9.17) is 11.6 Å². The van der Waals surface area contributed by atoms with Gasteiger partial charge < -0.3 is 0 Å². The van der Waals surface area contributed by atoms with Gasteiger partial charge >= 0.3 is 0 Å². The molecule has 0 amide bonds. The van der Waals surface area contributed by atoms with E-state index >= 15 is 0 Å². The number of halogens is 1. The average molecular weight is 314 g/mol. The van der Waals surface area contributed by atoms with Gasteiger partial charge in [-0.2, -0.15) is 10.2 Å². The predicted octanol–water partition coefficient (Wildman–Crippen LogP) is 3.16. The fourth-order valence-corrected chi connectivity index (χ4v) is 2.41. The molecule has 3 rings (SSSR count). The molecule has 7 nitrogen and oxygen atoms in total. The Morgan fingerprint density at radius 3 is 2.91 bits per heavy atom. The topological polar surface area (TPSA) is 97.6 Å². The molecule has 3 aromatic rings. The quantitative estimate of drug-likeness (QED) is 0.411. The van der Waals surface area contributed by atoms with Crippen molar-refractivity contribution in [3.05, 3.63) is 57.1 Å². The molecule has 0 atom stereocenters. The molecule has 0 fully saturated rings. The second-order valence-electron chi connectivity index (χ2n) is 4.63. The maximum absolute atomic E-state index is 10.9. The van der Waals surface area contributed by atoms with Crippen molar-refractivity contribution in [3.63, 3.8) is 0 Å². The monoisotopic (exact) mass is 313 g/mol. The summed E-state index contributed by atoms with van der Waals surface area (Å²) in [6.45, 7) is 1.83. The van der Waals surface area contributed by atoms with Crippen LogP contribution in [-0.4, -0.2) is 19.5 Å². The molecule has 0 aliphatic heterocycles. The number of hydrogen-bond acceptors (Lipinski definition) is 5. The lowest BCUT2D eigenvalue weighted by atomic mass is 10.2. The van der Waals surface area contributed by atoms with E-state index in [0.717, 1.165) is 5.56 Å². The van der Waals surface area contributed by atoms with Gasteiger partial charge in [-0.1, -0.05) is 0 Å². The van der Waals surface area contributed by atoms with Gasteiger partial charge in [0.2, 0.25) is 5.28 Å². The van der Waals surface area contributed by atoms with Gasteiger partial charge in [0.15, 0.2) is 5.82 Å². The standard InChI is InChI=1S/C14H8ClN5O2/c1-8-7-19(13-9(5-16)6-17-14(15)18-13)12-3-2-10(20(21)22)4-11(8)12/h2-4,6-7H,1H3. The van der Waals surface area contributed by atoms with Crippen molar-refractivity contribution in [3.8, 4) is 11.9 Å². The van der Waals surface area contributed by atoms with Crippen molar-refractivity contribution in [1.82, 2.24) is 14.5 Å². The van der Waals surface area contributed by atoms with Crippen LogP contribution in [0.2, 0.25) is 5.28 Å². The fourth-order valence-electron chi connectivity index (χ4n) is 2.29. The lowest BCUT2D eigenvalue weighted by molar-refractivity contribution is -0.384. The van der Waals surface area contributed by atoms with E-state index in [-0.39, 0.29) is 16.5 Å². The average Bonchev–Trinajstić information content (AvgIpc) is 2.83. The minimum atomic E-state index is -0.446. The van der Waals surface area contributed by atoms with E-state index in [1.165, 1.54) is 18.3 Å². The van der Waals surface area contributed by atoms with Gasteiger partial charge in [0.25, 0.3) is 5.69 Å². The SMILES string of the molecule is Cc1cn(-c2nc(Cl)ncc2C#N)c2ccc([N+](=O)[O-])cc12. The van der Waals surface area contributed by atoms with Gasteiger partial charge in [-0.25, -0.2) is 4.98 Å². The van der Waals surface area contributed by atoms with Gasteiger partial charge in [0.1, 0.15) is 11.6 Å². The number of non-ortho nitro benzene ring substituents is 1. The molecule has 22 heavy (non-hydrogen) atoms. The summed E-state index contributed by atoms with van der Waals surface area (Å²) in [5.74, 6) is 0.342. The van der Waals surface area contributed by atoms with E-state index < -0.39 is 4.92 Å². The lowest BCUT2D eigenvalue weighted by Gasteiger charge is -2.06. The first-order valence-corrected chi connectivity index (χ1v) is 6.58. The summed E-state index contributed by atoms with van der Waals surface area (Å²) in [7, 11) is 0. The highest BCUT2D eigenvalue weighted by Crippen LogP contribution is 2.28. The fraction of sp³-hybridized carbons (Fsp3) is 0.0714. The van der Waals surface area contributed by atoms with E-state index in [1.54, 1.807) is 16.8 Å². The number of nitrogens with zero attached hydrogens (tertiary/aromatic N) is 5. The zero-order valence-corrected chi connectivity index (χ0v) is 12.1. The number of nitro groups is 1. The smallest absolute Gasteiger partial charge is 0.270 e. The van der Waals surface area contributed by atoms with Crippen LogP contribution in [0.5, 0.6) is 0 Å². The van der Waals surface area contributed by atoms with Crippen LogP contribution in [0.1, 0.15) is 11.1 Å². The number of aryl methyl sites for hydroxylation is 1. The van der Waals surface area contributed by atoms with Crippen molar-refractivity contribution in [2.75, 3.05) is 0 Å². The van der Waals surface area contributed by atoms with Gasteiger partial charge in [-0.15, -0.1) is 0 Å². The van der Waals surface area contributed by atoms with Crippen molar-refractivity contribution in [2.45, 2.75) is 6.92 Å². The number of nitro benzene ring substituents is 1. The Labute approximate surface area is 129 Å². The Hall–Kier alpha value is -2.98. The second kappa shape index (κ2) is 5.09. The van der Waals surface area contributed by atoms with E-state index in [1.807, 2.05) is 13.0 Å². The number of nitriles is 1. The van der Waals surface area contributed by atoms with Crippen LogP contribution in [0.3, 0.4) is 0 Å². The Morgan fingerprint density at radius 2 is 2.23 bits per heavy atom. The first-order valence-electron chi connectivity index (χ1n) is 6.20. The molecule has 0 radical (unpaired) electrons. The zero-order valence-electron chi connectivity index (χ0n) is 11.3. The molecular weight excluding hydrogens is 306 g/mol. The summed E-state index contributed by atoms with van der Waals surface area (Å²) in [6, 6.07) is 6.54. The van der Waals surface area contributed by atoms with Crippen LogP contribution in [0, 0.1) is 28.4 Å². The number of hydrogen-bond donors (Lipinski definition) is 0. The summed E-state index contributed by atoms with van der Waals surface area (Å²) < 4.78 is 1.68. The Kier molecular flexibility index (Phi) is 3.23. The molecule has 108 valence electrons. The van der Waals surface area contributed by atoms with E-state index in [2.05, 4.69) is 9.97 Å². The van der Waals surface area contributed by atoms with Gasteiger partial charge in [0.05, 0.1) is 16.6 Å². The third-order valence-corrected chi connectivity index (χ3v) is 3.47. The molecule has 2 heterocycles. The Morgan fingerprint density at radius 1 is 1.45 bits per heavy atom. The third-order valence-electron chi connectivity index (χ3n) is 3.29. The van der Waals surface area contributed by atoms with Gasteiger partial charge in [-0.3, -0.25) is 14.7 Å². The molecule has 0 aliphatic carbocycles. The third kappa shape index (κ3) is 2.16. The maximum atomic E-state index is 10.9. The molecular formula is C14H8ClN5O2. The normalized spacial score (nSPS) is 10.6. The summed E-state index contributed by atoms with van der Waals surface area (Å²) in [5, 5.41) is 20.8.